The van der Waals surface area contributed by atoms with Crippen LogP contribution in [0.15, 0.2) is 28.9 Å². The Hall–Kier alpha value is -1.97. The van der Waals surface area contributed by atoms with Crippen molar-refractivity contribution in [1.82, 2.24) is 4.98 Å². The Bertz CT molecular complexity index is 477. The standard InChI is InChI=1S/C11H12N2O2/c1-2-11-13-9(6-15-11)7-3-4-10(14)8(12)5-7/h3-6,14H,2,12H2,1H3. The van der Waals surface area contributed by atoms with Crippen LogP contribution in [0.3, 0.4) is 0 Å². The fraction of sp³-hybridized carbons (Fsp3) is 0.182. The maximum atomic E-state index is 9.27. The van der Waals surface area contributed by atoms with Crippen LogP contribution >= 0.6 is 0 Å². The summed E-state index contributed by atoms with van der Waals surface area (Å²) < 4.78 is 5.22. The summed E-state index contributed by atoms with van der Waals surface area (Å²) >= 11 is 0. The lowest BCUT2D eigenvalue weighted by Crippen LogP contribution is -1.87. The van der Waals surface area contributed by atoms with Crippen molar-refractivity contribution in [3.63, 3.8) is 0 Å². The summed E-state index contributed by atoms with van der Waals surface area (Å²) in [6.45, 7) is 1.97. The van der Waals surface area contributed by atoms with Gasteiger partial charge in [-0.15, -0.1) is 0 Å². The highest BCUT2D eigenvalue weighted by molar-refractivity contribution is 5.67. The van der Waals surface area contributed by atoms with Gasteiger partial charge in [0.05, 0.1) is 5.69 Å². The maximum Gasteiger partial charge on any atom is 0.194 e. The third kappa shape index (κ3) is 1.79. The number of rotatable bonds is 2. The van der Waals surface area contributed by atoms with Gasteiger partial charge in [0.1, 0.15) is 17.7 Å². The summed E-state index contributed by atoms with van der Waals surface area (Å²) in [4.78, 5) is 4.27. The Morgan fingerprint density at radius 1 is 1.47 bits per heavy atom. The number of aromatic nitrogens is 1. The number of aromatic hydroxyl groups is 1. The first kappa shape index (κ1) is 9.58. The molecule has 0 saturated carbocycles. The molecule has 0 radical (unpaired) electrons. The van der Waals surface area contributed by atoms with Crippen LogP contribution in [0.5, 0.6) is 5.75 Å². The SMILES string of the molecule is CCc1nc(-c2ccc(O)c(N)c2)co1. The Kier molecular flexibility index (Phi) is 2.33. The quantitative estimate of drug-likeness (QED) is 0.581. The molecule has 0 saturated heterocycles. The molecule has 4 heteroatoms. The first-order valence-corrected chi connectivity index (χ1v) is 4.74. The van der Waals surface area contributed by atoms with Crippen molar-refractivity contribution in [2.45, 2.75) is 13.3 Å². The van der Waals surface area contributed by atoms with Crippen LogP contribution in [0, 0.1) is 0 Å². The number of phenolic OH excluding ortho intramolecular Hbond substituents is 1. The maximum absolute atomic E-state index is 9.27. The van der Waals surface area contributed by atoms with Crippen molar-refractivity contribution < 1.29 is 9.52 Å². The van der Waals surface area contributed by atoms with Crippen LogP contribution in [0.4, 0.5) is 5.69 Å². The van der Waals surface area contributed by atoms with Gasteiger partial charge in [0.15, 0.2) is 5.89 Å². The molecule has 0 unspecified atom stereocenters. The van der Waals surface area contributed by atoms with E-state index in [4.69, 9.17) is 10.2 Å². The Balaban J connectivity index is 2.40. The van der Waals surface area contributed by atoms with Crippen LogP contribution in [0.2, 0.25) is 0 Å². The van der Waals surface area contributed by atoms with E-state index in [0.717, 1.165) is 17.7 Å². The van der Waals surface area contributed by atoms with Crippen molar-refractivity contribution in [2.75, 3.05) is 5.73 Å². The average molecular weight is 204 g/mol. The van der Waals surface area contributed by atoms with Gasteiger partial charge in [-0.2, -0.15) is 0 Å². The minimum Gasteiger partial charge on any atom is -0.506 e. The second-order valence-electron chi connectivity index (χ2n) is 3.25. The summed E-state index contributed by atoms with van der Waals surface area (Å²) in [7, 11) is 0. The highest BCUT2D eigenvalue weighted by atomic mass is 16.3. The Morgan fingerprint density at radius 3 is 2.87 bits per heavy atom. The van der Waals surface area contributed by atoms with Gasteiger partial charge in [-0.3, -0.25) is 0 Å². The molecule has 0 aliphatic heterocycles. The van der Waals surface area contributed by atoms with Crippen LogP contribution in [0.1, 0.15) is 12.8 Å². The molecule has 15 heavy (non-hydrogen) atoms. The van der Waals surface area contributed by atoms with Crippen molar-refractivity contribution in [1.29, 1.82) is 0 Å². The van der Waals surface area contributed by atoms with E-state index in [9.17, 15) is 5.11 Å². The number of nitrogens with zero attached hydrogens (tertiary/aromatic N) is 1. The molecule has 0 atom stereocenters. The molecule has 1 heterocycles. The Morgan fingerprint density at radius 2 is 2.27 bits per heavy atom. The molecule has 78 valence electrons. The minimum absolute atomic E-state index is 0.0814. The van der Waals surface area contributed by atoms with E-state index >= 15 is 0 Å². The molecule has 0 aliphatic carbocycles. The highest BCUT2D eigenvalue weighted by Gasteiger charge is 2.06. The van der Waals surface area contributed by atoms with Gasteiger partial charge >= 0.3 is 0 Å². The average Bonchev–Trinajstić information content (AvgIpc) is 2.70. The fourth-order valence-corrected chi connectivity index (χ4v) is 1.32. The van der Waals surface area contributed by atoms with E-state index in [1.807, 2.05) is 6.92 Å². The monoisotopic (exact) mass is 204 g/mol. The molecule has 1 aromatic carbocycles. The van der Waals surface area contributed by atoms with Crippen LogP contribution in [-0.2, 0) is 6.42 Å². The summed E-state index contributed by atoms with van der Waals surface area (Å²) in [5.41, 5.74) is 7.51. The fourth-order valence-electron chi connectivity index (χ4n) is 1.32. The Labute approximate surface area is 87.4 Å². The van der Waals surface area contributed by atoms with E-state index in [1.165, 1.54) is 0 Å². The van der Waals surface area contributed by atoms with Gasteiger partial charge in [-0.05, 0) is 18.2 Å². The number of nitrogens with two attached hydrogens (primary N) is 1. The van der Waals surface area contributed by atoms with Crippen molar-refractivity contribution in [2.24, 2.45) is 0 Å². The van der Waals surface area contributed by atoms with Crippen LogP contribution < -0.4 is 5.73 Å². The zero-order chi connectivity index (χ0) is 10.8. The predicted molar refractivity (Wildman–Crippen MR) is 57.4 cm³/mol. The van der Waals surface area contributed by atoms with Gasteiger partial charge in [-0.25, -0.2) is 4.98 Å². The topological polar surface area (TPSA) is 72.3 Å². The second-order valence-corrected chi connectivity index (χ2v) is 3.25. The largest absolute Gasteiger partial charge is 0.506 e. The molecule has 1 aromatic heterocycles. The molecular weight excluding hydrogens is 192 g/mol. The number of nitrogen functional groups attached to an aromatic ring is 1. The van der Waals surface area contributed by atoms with E-state index in [0.29, 0.717) is 11.6 Å². The lowest BCUT2D eigenvalue weighted by molar-refractivity contribution is 0.478. The van der Waals surface area contributed by atoms with Crippen molar-refractivity contribution >= 4 is 5.69 Å². The number of oxazole rings is 1. The van der Waals surface area contributed by atoms with Gasteiger partial charge in [0.2, 0.25) is 0 Å². The third-order valence-corrected chi connectivity index (χ3v) is 2.18. The first-order valence-electron chi connectivity index (χ1n) is 4.74. The number of benzene rings is 1. The highest BCUT2D eigenvalue weighted by Crippen LogP contribution is 2.26. The van der Waals surface area contributed by atoms with Gasteiger partial charge < -0.3 is 15.3 Å². The number of phenols is 1. The predicted octanol–water partition coefficient (Wildman–Crippen LogP) is 2.19. The lowest BCUT2D eigenvalue weighted by Gasteiger charge is -2.00. The second kappa shape index (κ2) is 3.65. The van der Waals surface area contributed by atoms with Crippen molar-refractivity contribution in [3.05, 3.63) is 30.4 Å². The van der Waals surface area contributed by atoms with E-state index < -0.39 is 0 Å². The number of hydrogen-bond donors (Lipinski definition) is 2. The molecule has 0 fully saturated rings. The van der Waals surface area contributed by atoms with Crippen LogP contribution in [0.25, 0.3) is 11.3 Å². The van der Waals surface area contributed by atoms with Crippen LogP contribution in [-0.4, -0.2) is 10.1 Å². The molecule has 0 aliphatic rings. The van der Waals surface area contributed by atoms with E-state index in [2.05, 4.69) is 4.98 Å². The zero-order valence-corrected chi connectivity index (χ0v) is 8.40. The smallest absolute Gasteiger partial charge is 0.194 e. The number of anilines is 1. The van der Waals surface area contributed by atoms with E-state index in [-0.39, 0.29) is 5.75 Å². The summed E-state index contributed by atoms with van der Waals surface area (Å²) in [6, 6.07) is 4.97. The molecular formula is C11H12N2O2. The number of aryl methyl sites for hydroxylation is 1. The molecule has 2 rings (SSSR count). The lowest BCUT2D eigenvalue weighted by atomic mass is 10.1. The molecule has 0 spiro atoms. The molecule has 4 nitrogen and oxygen atoms in total. The summed E-state index contributed by atoms with van der Waals surface area (Å²) in [5.74, 6) is 0.773. The molecule has 0 amide bonds. The van der Waals surface area contributed by atoms with Gasteiger partial charge in [0.25, 0.3) is 0 Å². The van der Waals surface area contributed by atoms with Gasteiger partial charge in [0, 0.05) is 12.0 Å². The summed E-state index contributed by atoms with van der Waals surface area (Å²) in [6.07, 6.45) is 2.35. The minimum atomic E-state index is 0.0814. The first-order chi connectivity index (χ1) is 7.20. The third-order valence-electron chi connectivity index (χ3n) is 2.18. The van der Waals surface area contributed by atoms with Gasteiger partial charge in [-0.1, -0.05) is 6.92 Å². The molecule has 0 bridgehead atoms. The number of hydrogen-bond acceptors (Lipinski definition) is 4. The normalized spacial score (nSPS) is 10.5. The summed E-state index contributed by atoms with van der Waals surface area (Å²) in [5, 5.41) is 9.27. The van der Waals surface area contributed by atoms with Crippen molar-refractivity contribution in [3.8, 4) is 17.0 Å². The molecule has 2 aromatic rings. The van der Waals surface area contributed by atoms with E-state index in [1.54, 1.807) is 24.5 Å². The molecule has 3 N–H and O–H groups in total. The zero-order valence-electron chi connectivity index (χ0n) is 8.40.